The van der Waals surface area contributed by atoms with Crippen LogP contribution in [0.2, 0.25) is 0 Å². The van der Waals surface area contributed by atoms with Crippen LogP contribution in [0.3, 0.4) is 0 Å². The van der Waals surface area contributed by atoms with Gasteiger partial charge in [-0.15, -0.1) is 0 Å². The lowest BCUT2D eigenvalue weighted by atomic mass is 10.0. The first-order valence-electron chi connectivity index (χ1n) is 6.39. The molecule has 0 radical (unpaired) electrons. The molecule has 0 aliphatic heterocycles. The van der Waals surface area contributed by atoms with Crippen LogP contribution >= 0.6 is 0 Å². The first-order chi connectivity index (χ1) is 9.22. The molecule has 0 saturated carbocycles. The van der Waals surface area contributed by atoms with E-state index in [4.69, 9.17) is 0 Å². The van der Waals surface area contributed by atoms with Crippen molar-refractivity contribution in [2.24, 2.45) is 7.05 Å². The molecule has 0 atom stereocenters. The van der Waals surface area contributed by atoms with Gasteiger partial charge in [-0.1, -0.05) is 48.0 Å². The zero-order chi connectivity index (χ0) is 13.2. The Morgan fingerprint density at radius 3 is 2.21 bits per heavy atom. The van der Waals surface area contributed by atoms with Gasteiger partial charge in [0.05, 0.1) is 5.69 Å². The number of aromatic nitrogens is 2. The van der Waals surface area contributed by atoms with Gasteiger partial charge in [0.2, 0.25) is 0 Å². The molecule has 0 spiro atoms. The van der Waals surface area contributed by atoms with E-state index in [9.17, 15) is 0 Å². The summed E-state index contributed by atoms with van der Waals surface area (Å²) < 4.78 is 1.83. The molecule has 0 fully saturated rings. The fraction of sp³-hybridized carbons (Fsp3) is 0.118. The van der Waals surface area contributed by atoms with Gasteiger partial charge in [-0.2, -0.15) is 5.10 Å². The van der Waals surface area contributed by atoms with Gasteiger partial charge in [0, 0.05) is 18.8 Å². The van der Waals surface area contributed by atoms with E-state index >= 15 is 0 Å². The van der Waals surface area contributed by atoms with Crippen molar-refractivity contribution in [3.8, 4) is 22.4 Å². The molecule has 0 aliphatic carbocycles. The summed E-state index contributed by atoms with van der Waals surface area (Å²) in [5.41, 5.74) is 5.92. The molecular weight excluding hydrogens is 232 g/mol. The molecule has 0 aliphatic rings. The Bertz CT molecular complexity index is 711. The third-order valence-electron chi connectivity index (χ3n) is 3.22. The Hall–Kier alpha value is -2.35. The zero-order valence-electron chi connectivity index (χ0n) is 11.2. The molecule has 0 unspecified atom stereocenters. The maximum atomic E-state index is 4.45. The highest BCUT2D eigenvalue weighted by atomic mass is 15.2. The van der Waals surface area contributed by atoms with E-state index in [1.165, 1.54) is 16.7 Å². The third-order valence-corrected chi connectivity index (χ3v) is 3.22. The van der Waals surface area contributed by atoms with Gasteiger partial charge < -0.3 is 0 Å². The average molecular weight is 248 g/mol. The monoisotopic (exact) mass is 248 g/mol. The summed E-state index contributed by atoms with van der Waals surface area (Å²) in [7, 11) is 1.94. The molecule has 0 amide bonds. The molecule has 0 N–H and O–H groups in total. The van der Waals surface area contributed by atoms with E-state index in [1.807, 2.05) is 24.0 Å². The van der Waals surface area contributed by atoms with Crippen LogP contribution in [0.1, 0.15) is 5.56 Å². The first-order valence-corrected chi connectivity index (χ1v) is 6.39. The maximum absolute atomic E-state index is 4.45. The Kier molecular flexibility index (Phi) is 2.92. The van der Waals surface area contributed by atoms with Gasteiger partial charge >= 0.3 is 0 Å². The van der Waals surface area contributed by atoms with Gasteiger partial charge in [0.25, 0.3) is 0 Å². The van der Waals surface area contributed by atoms with E-state index in [2.05, 4.69) is 60.6 Å². The Labute approximate surface area is 113 Å². The molecule has 19 heavy (non-hydrogen) atoms. The van der Waals surface area contributed by atoms with Gasteiger partial charge in [-0.3, -0.25) is 4.68 Å². The van der Waals surface area contributed by atoms with E-state index in [-0.39, 0.29) is 0 Å². The van der Waals surface area contributed by atoms with Gasteiger partial charge in [0.15, 0.2) is 0 Å². The number of hydrogen-bond acceptors (Lipinski definition) is 1. The molecule has 94 valence electrons. The molecule has 2 nitrogen and oxygen atoms in total. The van der Waals surface area contributed by atoms with Gasteiger partial charge in [0.1, 0.15) is 0 Å². The minimum absolute atomic E-state index is 1.01. The third kappa shape index (κ3) is 2.43. The van der Waals surface area contributed by atoms with Crippen molar-refractivity contribution in [1.82, 2.24) is 9.78 Å². The Morgan fingerprint density at radius 1 is 0.842 bits per heavy atom. The lowest BCUT2D eigenvalue weighted by Crippen LogP contribution is -1.88. The second-order valence-corrected chi connectivity index (χ2v) is 4.82. The summed E-state index contributed by atoms with van der Waals surface area (Å²) in [5, 5.41) is 4.45. The Balaban J connectivity index is 2.05. The molecule has 3 rings (SSSR count). The molecule has 1 heterocycles. The molecule has 3 aromatic rings. The average Bonchev–Trinajstić information content (AvgIpc) is 2.86. The fourth-order valence-corrected chi connectivity index (χ4v) is 2.25. The number of nitrogens with zero attached hydrogens (tertiary/aromatic N) is 2. The van der Waals surface area contributed by atoms with Crippen molar-refractivity contribution in [2.45, 2.75) is 6.92 Å². The first kappa shape index (κ1) is 11.7. The van der Waals surface area contributed by atoms with Crippen molar-refractivity contribution in [3.63, 3.8) is 0 Å². The zero-order valence-corrected chi connectivity index (χ0v) is 11.2. The number of hydrogen-bond donors (Lipinski definition) is 0. The SMILES string of the molecule is Cc1cccc(-c2cccc(-c3ccn(C)n3)c2)c1. The molecule has 0 bridgehead atoms. The van der Waals surface area contributed by atoms with Crippen LogP contribution < -0.4 is 0 Å². The quantitative estimate of drug-likeness (QED) is 0.668. The van der Waals surface area contributed by atoms with E-state index in [0.717, 1.165) is 11.3 Å². The smallest absolute Gasteiger partial charge is 0.0923 e. The summed E-state index contributed by atoms with van der Waals surface area (Å²) in [6.07, 6.45) is 1.97. The topological polar surface area (TPSA) is 17.8 Å². The van der Waals surface area contributed by atoms with Crippen LogP contribution in [0.5, 0.6) is 0 Å². The Morgan fingerprint density at radius 2 is 1.53 bits per heavy atom. The standard InChI is InChI=1S/C17H16N2/c1-13-5-3-6-14(11-13)15-7-4-8-16(12-15)17-9-10-19(2)18-17/h3-12H,1-2H3. The largest absolute Gasteiger partial charge is 0.275 e. The van der Waals surface area contributed by atoms with Crippen LogP contribution in [0.15, 0.2) is 60.8 Å². The number of aryl methyl sites for hydroxylation is 2. The van der Waals surface area contributed by atoms with E-state index in [1.54, 1.807) is 0 Å². The second kappa shape index (κ2) is 4.73. The summed E-state index contributed by atoms with van der Waals surface area (Å²) >= 11 is 0. The summed E-state index contributed by atoms with van der Waals surface area (Å²) in [6, 6.07) is 19.1. The summed E-state index contributed by atoms with van der Waals surface area (Å²) in [5.74, 6) is 0. The van der Waals surface area contributed by atoms with Gasteiger partial charge in [-0.25, -0.2) is 0 Å². The van der Waals surface area contributed by atoms with Crippen molar-refractivity contribution >= 4 is 0 Å². The lowest BCUT2D eigenvalue weighted by molar-refractivity contribution is 0.771. The highest BCUT2D eigenvalue weighted by Crippen LogP contribution is 2.25. The summed E-state index contributed by atoms with van der Waals surface area (Å²) in [6.45, 7) is 2.12. The normalized spacial score (nSPS) is 10.6. The molecule has 0 saturated heterocycles. The minimum atomic E-state index is 1.01. The van der Waals surface area contributed by atoms with E-state index in [0.29, 0.717) is 0 Å². The molecular formula is C17H16N2. The van der Waals surface area contributed by atoms with Crippen LogP contribution in [0.4, 0.5) is 0 Å². The van der Waals surface area contributed by atoms with Gasteiger partial charge in [-0.05, 0) is 30.2 Å². The molecule has 2 aromatic carbocycles. The van der Waals surface area contributed by atoms with E-state index < -0.39 is 0 Å². The maximum Gasteiger partial charge on any atom is 0.0923 e. The van der Waals surface area contributed by atoms with Crippen LogP contribution in [0.25, 0.3) is 22.4 Å². The van der Waals surface area contributed by atoms with Crippen molar-refractivity contribution in [2.75, 3.05) is 0 Å². The second-order valence-electron chi connectivity index (χ2n) is 4.82. The highest BCUT2D eigenvalue weighted by molar-refractivity contribution is 5.71. The predicted molar refractivity (Wildman–Crippen MR) is 78.8 cm³/mol. The highest BCUT2D eigenvalue weighted by Gasteiger charge is 2.03. The predicted octanol–water partition coefficient (Wildman–Crippen LogP) is 4.06. The van der Waals surface area contributed by atoms with Crippen molar-refractivity contribution in [1.29, 1.82) is 0 Å². The lowest BCUT2D eigenvalue weighted by Gasteiger charge is -2.05. The number of rotatable bonds is 2. The minimum Gasteiger partial charge on any atom is -0.275 e. The van der Waals surface area contributed by atoms with Crippen LogP contribution in [0, 0.1) is 6.92 Å². The summed E-state index contributed by atoms with van der Waals surface area (Å²) in [4.78, 5) is 0. The van der Waals surface area contributed by atoms with Crippen LogP contribution in [-0.4, -0.2) is 9.78 Å². The van der Waals surface area contributed by atoms with Crippen LogP contribution in [-0.2, 0) is 7.05 Å². The molecule has 2 heteroatoms. The van der Waals surface area contributed by atoms with Crippen molar-refractivity contribution < 1.29 is 0 Å². The van der Waals surface area contributed by atoms with Crippen molar-refractivity contribution in [3.05, 3.63) is 66.4 Å². The molecule has 1 aromatic heterocycles. The number of benzene rings is 2. The fourth-order valence-electron chi connectivity index (χ4n) is 2.25.